The van der Waals surface area contributed by atoms with Gasteiger partial charge in [0.1, 0.15) is 11.5 Å². The van der Waals surface area contributed by atoms with Gasteiger partial charge < -0.3 is 15.1 Å². The van der Waals surface area contributed by atoms with Gasteiger partial charge in [0.05, 0.1) is 12.1 Å². The van der Waals surface area contributed by atoms with Crippen LogP contribution in [0.4, 0.5) is 0 Å². The van der Waals surface area contributed by atoms with Crippen LogP contribution in [0.5, 0.6) is 0 Å². The molecule has 0 radical (unpaired) electrons. The van der Waals surface area contributed by atoms with E-state index in [9.17, 15) is 4.79 Å². The minimum atomic E-state index is -0.0329. The Bertz CT molecular complexity index is 419. The molecule has 2 heterocycles. The van der Waals surface area contributed by atoms with E-state index in [0.29, 0.717) is 0 Å². The summed E-state index contributed by atoms with van der Waals surface area (Å²) < 4.78 is 5.50. The number of hydrogen-bond donors (Lipinski definition) is 2. The lowest BCUT2D eigenvalue weighted by molar-refractivity contribution is -0.124. The van der Waals surface area contributed by atoms with Gasteiger partial charge in [-0.25, -0.2) is 0 Å². The van der Waals surface area contributed by atoms with E-state index in [1.54, 1.807) is 0 Å². The van der Waals surface area contributed by atoms with Crippen molar-refractivity contribution >= 4 is 5.91 Å². The molecule has 100 valence electrons. The highest BCUT2D eigenvalue weighted by atomic mass is 16.3. The second-order valence-corrected chi connectivity index (χ2v) is 5.10. The molecule has 0 saturated carbocycles. The molecule has 2 atom stereocenters. The molecular formula is C14H22N2O2. The highest BCUT2D eigenvalue weighted by molar-refractivity contribution is 5.82. The number of hydrogen-bond acceptors (Lipinski definition) is 3. The van der Waals surface area contributed by atoms with Crippen LogP contribution in [0.2, 0.25) is 0 Å². The van der Waals surface area contributed by atoms with Crippen molar-refractivity contribution in [2.45, 2.75) is 52.1 Å². The third kappa shape index (κ3) is 2.93. The summed E-state index contributed by atoms with van der Waals surface area (Å²) in [5.41, 5.74) is 1.07. The zero-order valence-electron chi connectivity index (χ0n) is 11.4. The normalized spacial score (nSPS) is 21.6. The number of rotatable bonds is 3. The summed E-state index contributed by atoms with van der Waals surface area (Å²) in [5.74, 6) is 1.87. The van der Waals surface area contributed by atoms with E-state index in [-0.39, 0.29) is 18.0 Å². The summed E-state index contributed by atoms with van der Waals surface area (Å²) in [7, 11) is 0. The number of furan rings is 1. The summed E-state index contributed by atoms with van der Waals surface area (Å²) in [6.07, 6.45) is 3.23. The quantitative estimate of drug-likeness (QED) is 0.865. The van der Waals surface area contributed by atoms with Gasteiger partial charge in [0, 0.05) is 5.56 Å². The molecule has 1 aliphatic rings. The maximum atomic E-state index is 12.1. The van der Waals surface area contributed by atoms with Crippen molar-refractivity contribution in [3.8, 4) is 0 Å². The van der Waals surface area contributed by atoms with Crippen LogP contribution in [0.15, 0.2) is 10.5 Å². The fourth-order valence-corrected chi connectivity index (χ4v) is 2.55. The lowest BCUT2D eigenvalue weighted by atomic mass is 10.0. The zero-order valence-corrected chi connectivity index (χ0v) is 11.4. The number of carbonyl (C=O) groups is 1. The van der Waals surface area contributed by atoms with Gasteiger partial charge in [-0.2, -0.15) is 0 Å². The Morgan fingerprint density at radius 3 is 2.83 bits per heavy atom. The molecule has 1 saturated heterocycles. The highest BCUT2D eigenvalue weighted by Gasteiger charge is 2.23. The molecular weight excluding hydrogens is 228 g/mol. The molecule has 2 N–H and O–H groups in total. The van der Waals surface area contributed by atoms with Crippen LogP contribution in [-0.2, 0) is 4.79 Å². The Morgan fingerprint density at radius 2 is 2.28 bits per heavy atom. The Hall–Kier alpha value is -1.29. The van der Waals surface area contributed by atoms with E-state index in [4.69, 9.17) is 4.42 Å². The second kappa shape index (κ2) is 5.57. The van der Waals surface area contributed by atoms with Crippen LogP contribution in [0, 0.1) is 13.8 Å². The van der Waals surface area contributed by atoms with Gasteiger partial charge in [0.25, 0.3) is 0 Å². The van der Waals surface area contributed by atoms with Crippen LogP contribution in [-0.4, -0.2) is 18.5 Å². The number of aryl methyl sites for hydroxylation is 2. The molecule has 1 aromatic rings. The van der Waals surface area contributed by atoms with Gasteiger partial charge >= 0.3 is 0 Å². The largest absolute Gasteiger partial charge is 0.466 e. The average Bonchev–Trinajstić information content (AvgIpc) is 2.69. The van der Waals surface area contributed by atoms with Crippen molar-refractivity contribution in [3.63, 3.8) is 0 Å². The molecule has 0 bridgehead atoms. The van der Waals surface area contributed by atoms with Gasteiger partial charge in [0.2, 0.25) is 5.91 Å². The van der Waals surface area contributed by atoms with E-state index in [0.717, 1.165) is 36.5 Å². The molecule has 18 heavy (non-hydrogen) atoms. The molecule has 1 aliphatic heterocycles. The van der Waals surface area contributed by atoms with Gasteiger partial charge in [0.15, 0.2) is 0 Å². The second-order valence-electron chi connectivity index (χ2n) is 5.10. The van der Waals surface area contributed by atoms with Gasteiger partial charge in [-0.1, -0.05) is 6.42 Å². The SMILES string of the molecule is Cc1cc(C(C)NC(=O)C2CCCCN2)c(C)o1. The Kier molecular flexibility index (Phi) is 4.07. The van der Waals surface area contributed by atoms with Crippen molar-refractivity contribution in [1.29, 1.82) is 0 Å². The molecule has 1 aromatic heterocycles. The molecule has 4 heteroatoms. The maximum Gasteiger partial charge on any atom is 0.237 e. The van der Waals surface area contributed by atoms with Crippen molar-refractivity contribution in [2.24, 2.45) is 0 Å². The monoisotopic (exact) mass is 250 g/mol. The molecule has 0 aliphatic carbocycles. The third-order valence-electron chi connectivity index (χ3n) is 3.53. The fourth-order valence-electron chi connectivity index (χ4n) is 2.55. The minimum absolute atomic E-state index is 0.00123. The standard InChI is InChI=1S/C14H22N2O2/c1-9-8-12(11(3)18-9)10(2)16-14(17)13-6-4-5-7-15-13/h8,10,13,15H,4-7H2,1-3H3,(H,16,17). The van der Waals surface area contributed by atoms with Gasteiger partial charge in [-0.05, 0) is 46.2 Å². The first-order chi connectivity index (χ1) is 8.58. The average molecular weight is 250 g/mol. The number of amides is 1. The van der Waals surface area contributed by atoms with Crippen LogP contribution < -0.4 is 10.6 Å². The van der Waals surface area contributed by atoms with Gasteiger partial charge in [-0.3, -0.25) is 4.79 Å². The lowest BCUT2D eigenvalue weighted by Crippen LogP contribution is -2.47. The smallest absolute Gasteiger partial charge is 0.237 e. The first-order valence-electron chi connectivity index (χ1n) is 6.68. The lowest BCUT2D eigenvalue weighted by Gasteiger charge is -2.24. The molecule has 4 nitrogen and oxygen atoms in total. The summed E-state index contributed by atoms with van der Waals surface area (Å²) in [6, 6.07) is 1.96. The number of carbonyl (C=O) groups excluding carboxylic acids is 1. The predicted molar refractivity (Wildman–Crippen MR) is 70.4 cm³/mol. The van der Waals surface area contributed by atoms with Gasteiger partial charge in [-0.15, -0.1) is 0 Å². The molecule has 2 rings (SSSR count). The molecule has 2 unspecified atom stereocenters. The molecule has 1 amide bonds. The maximum absolute atomic E-state index is 12.1. The van der Waals surface area contributed by atoms with Crippen LogP contribution in [0.1, 0.15) is 49.3 Å². The Morgan fingerprint density at radius 1 is 1.50 bits per heavy atom. The Labute approximate surface area is 108 Å². The van der Waals surface area contributed by atoms with Crippen LogP contribution in [0.3, 0.4) is 0 Å². The summed E-state index contributed by atoms with van der Waals surface area (Å²) >= 11 is 0. The van der Waals surface area contributed by atoms with E-state index in [2.05, 4.69) is 10.6 Å². The minimum Gasteiger partial charge on any atom is -0.466 e. The first-order valence-corrected chi connectivity index (χ1v) is 6.68. The van der Waals surface area contributed by atoms with E-state index >= 15 is 0 Å². The summed E-state index contributed by atoms with van der Waals surface area (Å²) in [5, 5.41) is 6.32. The first kappa shape index (κ1) is 13.1. The number of nitrogens with one attached hydrogen (secondary N) is 2. The van der Waals surface area contributed by atoms with Crippen molar-refractivity contribution in [2.75, 3.05) is 6.54 Å². The van der Waals surface area contributed by atoms with E-state index in [1.807, 2.05) is 26.8 Å². The third-order valence-corrected chi connectivity index (χ3v) is 3.53. The fraction of sp³-hybridized carbons (Fsp3) is 0.643. The summed E-state index contributed by atoms with van der Waals surface area (Å²) in [4.78, 5) is 12.1. The van der Waals surface area contributed by atoms with Crippen molar-refractivity contribution in [1.82, 2.24) is 10.6 Å². The topological polar surface area (TPSA) is 54.3 Å². The molecule has 0 aromatic carbocycles. The van der Waals surface area contributed by atoms with E-state index in [1.165, 1.54) is 6.42 Å². The van der Waals surface area contributed by atoms with Crippen molar-refractivity contribution in [3.05, 3.63) is 23.2 Å². The Balaban J connectivity index is 1.96. The predicted octanol–water partition coefficient (Wildman–Crippen LogP) is 2.22. The van der Waals surface area contributed by atoms with Crippen LogP contribution >= 0.6 is 0 Å². The number of piperidine rings is 1. The molecule has 0 spiro atoms. The van der Waals surface area contributed by atoms with E-state index < -0.39 is 0 Å². The van der Waals surface area contributed by atoms with Crippen LogP contribution in [0.25, 0.3) is 0 Å². The summed E-state index contributed by atoms with van der Waals surface area (Å²) in [6.45, 7) is 6.80. The zero-order chi connectivity index (χ0) is 13.1. The highest BCUT2D eigenvalue weighted by Crippen LogP contribution is 2.21. The van der Waals surface area contributed by atoms with Crippen molar-refractivity contribution < 1.29 is 9.21 Å². The molecule has 1 fully saturated rings.